The first-order valence-electron chi connectivity index (χ1n) is 13.6. The molecular formula is C31H38ClNO5. The van der Waals surface area contributed by atoms with Crippen molar-refractivity contribution in [3.05, 3.63) is 58.1 Å². The second-order valence-electron chi connectivity index (χ2n) is 12.4. The third-order valence-corrected chi connectivity index (χ3v) is 8.91. The highest BCUT2D eigenvalue weighted by atomic mass is 35.5. The fourth-order valence-corrected chi connectivity index (χ4v) is 6.61. The van der Waals surface area contributed by atoms with Crippen LogP contribution < -0.4 is 9.64 Å². The number of methoxy groups -OCH3 is 1. The van der Waals surface area contributed by atoms with Crippen molar-refractivity contribution in [2.45, 2.75) is 70.8 Å². The lowest BCUT2D eigenvalue weighted by Gasteiger charge is -2.48. The van der Waals surface area contributed by atoms with Gasteiger partial charge in [-0.1, -0.05) is 17.7 Å². The number of carbonyl (C=O) groups is 2. The van der Waals surface area contributed by atoms with Crippen molar-refractivity contribution in [2.75, 3.05) is 31.7 Å². The molecule has 204 valence electrons. The number of fused-ring (bicyclic) bond motifs is 3. The molecule has 0 amide bonds. The van der Waals surface area contributed by atoms with E-state index in [0.29, 0.717) is 18.7 Å². The number of nitrogens with zero attached hydrogens (tertiary/aromatic N) is 1. The number of anilines is 1. The summed E-state index contributed by atoms with van der Waals surface area (Å²) in [6.07, 6.45) is 4.79. The maximum Gasteiger partial charge on any atom is 0.338 e. The van der Waals surface area contributed by atoms with Gasteiger partial charge in [0.2, 0.25) is 0 Å². The number of benzene rings is 2. The predicted octanol–water partition coefficient (Wildman–Crippen LogP) is 6.36. The molecule has 1 saturated carbocycles. The van der Waals surface area contributed by atoms with Crippen molar-refractivity contribution in [1.82, 2.24) is 0 Å². The molecule has 1 aliphatic heterocycles. The Balaban J connectivity index is 1.55. The molecule has 38 heavy (non-hydrogen) atoms. The van der Waals surface area contributed by atoms with Gasteiger partial charge in [-0.05, 0) is 107 Å². The number of carbonyl (C=O) groups excluding carboxylic acids is 2. The quantitative estimate of drug-likeness (QED) is 0.421. The molecule has 2 aliphatic carbocycles. The maximum absolute atomic E-state index is 13.0. The van der Waals surface area contributed by atoms with Crippen molar-refractivity contribution in [3.8, 4) is 5.75 Å². The zero-order chi connectivity index (χ0) is 27.3. The van der Waals surface area contributed by atoms with Crippen LogP contribution in [0.15, 0.2) is 36.4 Å². The van der Waals surface area contributed by atoms with Crippen LogP contribution in [0, 0.1) is 11.3 Å². The van der Waals surface area contributed by atoms with E-state index in [-0.39, 0.29) is 23.3 Å². The first kappa shape index (κ1) is 26.9. The summed E-state index contributed by atoms with van der Waals surface area (Å²) in [7, 11) is 1.46. The molecule has 1 fully saturated rings. The number of hydrogen-bond donors (Lipinski definition) is 0. The fraction of sp³-hybridized carbons (Fsp3) is 0.548. The Morgan fingerprint density at radius 2 is 1.95 bits per heavy atom. The van der Waals surface area contributed by atoms with Crippen LogP contribution in [-0.4, -0.2) is 44.3 Å². The van der Waals surface area contributed by atoms with Gasteiger partial charge in [0.05, 0.1) is 30.4 Å². The van der Waals surface area contributed by atoms with E-state index in [1.54, 1.807) is 6.07 Å². The monoisotopic (exact) mass is 539 g/mol. The summed E-state index contributed by atoms with van der Waals surface area (Å²) in [4.78, 5) is 28.0. The molecule has 3 atom stereocenters. The summed E-state index contributed by atoms with van der Waals surface area (Å²) in [5.74, 6) is 0.362. The van der Waals surface area contributed by atoms with E-state index in [4.69, 9.17) is 25.8 Å². The van der Waals surface area contributed by atoms with Gasteiger partial charge in [-0.2, -0.15) is 0 Å². The topological polar surface area (TPSA) is 65.1 Å². The van der Waals surface area contributed by atoms with Crippen LogP contribution in [0.2, 0.25) is 5.02 Å². The Bertz CT molecular complexity index is 1250. The molecule has 5 rings (SSSR count). The standard InChI is InChI=1S/C31H38ClNO5/c1-29(2,3)38-27(34)21-8-11-26-25(16-21)33(17-22-12-14-30(22,4)28(35)36-5)18-31(19-37-26)13-6-7-20-15-23(32)9-10-24(20)31/h8-11,15-16,22H,6-7,12-14,17-19H2,1-5H3/t22-,30-,31?/m0/s1. The van der Waals surface area contributed by atoms with Crippen molar-refractivity contribution in [3.63, 3.8) is 0 Å². The second-order valence-corrected chi connectivity index (χ2v) is 12.9. The van der Waals surface area contributed by atoms with Gasteiger partial charge in [-0.3, -0.25) is 4.79 Å². The molecule has 1 unspecified atom stereocenters. The van der Waals surface area contributed by atoms with Crippen molar-refractivity contribution in [2.24, 2.45) is 11.3 Å². The Morgan fingerprint density at radius 3 is 2.63 bits per heavy atom. The SMILES string of the molecule is COC(=O)[C@@]1(C)CC[C@H]1CN1CC2(CCCc3cc(Cl)ccc32)COc2ccc(C(=O)OC(C)(C)C)cc21. The first-order chi connectivity index (χ1) is 17.9. The number of esters is 2. The lowest BCUT2D eigenvalue weighted by atomic mass is 9.61. The molecular weight excluding hydrogens is 502 g/mol. The van der Waals surface area contributed by atoms with Crippen LogP contribution in [0.5, 0.6) is 5.75 Å². The average molecular weight is 540 g/mol. The van der Waals surface area contributed by atoms with Gasteiger partial charge in [0.15, 0.2) is 0 Å². The highest BCUT2D eigenvalue weighted by Crippen LogP contribution is 2.50. The highest BCUT2D eigenvalue weighted by Gasteiger charge is 2.51. The summed E-state index contributed by atoms with van der Waals surface area (Å²) in [6, 6.07) is 11.8. The zero-order valence-corrected chi connectivity index (χ0v) is 23.8. The zero-order valence-electron chi connectivity index (χ0n) is 23.1. The normalized spacial score (nSPS) is 26.4. The summed E-state index contributed by atoms with van der Waals surface area (Å²) in [6.45, 7) is 9.53. The lowest BCUT2D eigenvalue weighted by Crippen LogP contribution is -2.53. The average Bonchev–Trinajstić information content (AvgIpc) is 3.01. The largest absolute Gasteiger partial charge is 0.490 e. The third-order valence-electron chi connectivity index (χ3n) is 8.68. The van der Waals surface area contributed by atoms with E-state index in [1.165, 1.54) is 18.2 Å². The number of rotatable bonds is 4. The molecule has 0 N–H and O–H groups in total. The van der Waals surface area contributed by atoms with Crippen molar-refractivity contribution < 1.29 is 23.8 Å². The Kier molecular flexibility index (Phi) is 6.91. The number of halogens is 1. The minimum atomic E-state index is -0.592. The van der Waals surface area contributed by atoms with E-state index < -0.39 is 11.0 Å². The second kappa shape index (κ2) is 9.78. The molecule has 1 spiro atoms. The van der Waals surface area contributed by atoms with Crippen LogP contribution in [0.4, 0.5) is 5.69 Å². The maximum atomic E-state index is 13.0. The van der Waals surface area contributed by atoms with Gasteiger partial charge in [0.25, 0.3) is 0 Å². The Morgan fingerprint density at radius 1 is 1.16 bits per heavy atom. The predicted molar refractivity (Wildman–Crippen MR) is 148 cm³/mol. The summed E-state index contributed by atoms with van der Waals surface area (Å²) >= 11 is 6.37. The minimum absolute atomic E-state index is 0.136. The molecule has 0 saturated heterocycles. The third kappa shape index (κ3) is 4.88. The molecule has 1 heterocycles. The molecule has 2 aromatic carbocycles. The van der Waals surface area contributed by atoms with E-state index in [9.17, 15) is 9.59 Å². The molecule has 3 aliphatic rings. The first-order valence-corrected chi connectivity index (χ1v) is 13.9. The van der Waals surface area contributed by atoms with Gasteiger partial charge in [-0.15, -0.1) is 0 Å². The van der Waals surface area contributed by atoms with Gasteiger partial charge in [0, 0.05) is 23.5 Å². The van der Waals surface area contributed by atoms with Crippen LogP contribution >= 0.6 is 11.6 Å². The fourth-order valence-electron chi connectivity index (χ4n) is 6.42. The summed E-state index contributed by atoms with van der Waals surface area (Å²) in [5.41, 5.74) is 2.57. The van der Waals surface area contributed by atoms with Crippen molar-refractivity contribution >= 4 is 29.2 Å². The number of ether oxygens (including phenoxy) is 3. The molecule has 0 bridgehead atoms. The van der Waals surface area contributed by atoms with E-state index in [2.05, 4.69) is 17.0 Å². The molecule has 7 heteroatoms. The van der Waals surface area contributed by atoms with E-state index in [0.717, 1.165) is 55.1 Å². The molecule has 6 nitrogen and oxygen atoms in total. The van der Waals surface area contributed by atoms with Crippen LogP contribution in [0.25, 0.3) is 0 Å². The Labute approximate surface area is 230 Å². The smallest absolute Gasteiger partial charge is 0.338 e. The lowest BCUT2D eigenvalue weighted by molar-refractivity contribution is -0.162. The molecule has 0 radical (unpaired) electrons. The Hall–Kier alpha value is -2.73. The van der Waals surface area contributed by atoms with Gasteiger partial charge in [0.1, 0.15) is 11.4 Å². The van der Waals surface area contributed by atoms with E-state index in [1.807, 2.05) is 45.9 Å². The number of aryl methyl sites for hydroxylation is 1. The molecule has 0 aromatic heterocycles. The summed E-state index contributed by atoms with van der Waals surface area (Å²) in [5, 5.41) is 0.751. The van der Waals surface area contributed by atoms with E-state index >= 15 is 0 Å². The molecule has 2 aromatic rings. The minimum Gasteiger partial charge on any atom is -0.490 e. The van der Waals surface area contributed by atoms with Gasteiger partial charge in [-0.25, -0.2) is 4.79 Å². The van der Waals surface area contributed by atoms with Gasteiger partial charge >= 0.3 is 11.9 Å². The van der Waals surface area contributed by atoms with Crippen molar-refractivity contribution in [1.29, 1.82) is 0 Å². The number of hydrogen-bond acceptors (Lipinski definition) is 6. The van der Waals surface area contributed by atoms with Crippen LogP contribution in [-0.2, 0) is 26.1 Å². The summed E-state index contributed by atoms with van der Waals surface area (Å²) < 4.78 is 17.4. The van der Waals surface area contributed by atoms with Crippen LogP contribution in [0.3, 0.4) is 0 Å². The highest BCUT2D eigenvalue weighted by molar-refractivity contribution is 6.30. The van der Waals surface area contributed by atoms with Gasteiger partial charge < -0.3 is 19.1 Å². The van der Waals surface area contributed by atoms with Crippen LogP contribution in [0.1, 0.15) is 74.9 Å².